The third-order valence-corrected chi connectivity index (χ3v) is 3.65. The van der Waals surface area contributed by atoms with Crippen LogP contribution in [-0.2, 0) is 4.74 Å². The van der Waals surface area contributed by atoms with Gasteiger partial charge in [-0.05, 0) is 18.2 Å². The van der Waals surface area contributed by atoms with E-state index in [1.807, 2.05) is 30.1 Å². The number of fused-ring (bicyclic) bond motifs is 1. The third kappa shape index (κ3) is 2.00. The number of likely N-dealkylation sites (N-methyl/N-ethyl adjacent to an activating group) is 1. The van der Waals surface area contributed by atoms with E-state index in [1.54, 1.807) is 0 Å². The predicted molar refractivity (Wildman–Crippen MR) is 70.7 cm³/mol. The molecule has 0 amide bonds. The SMILES string of the molecule is CN(c1nc2cc(Br)ccc2o1)[C@@H]1COC[C@H]1O. The van der Waals surface area contributed by atoms with Gasteiger partial charge in [0.15, 0.2) is 5.58 Å². The molecule has 18 heavy (non-hydrogen) atoms. The first-order valence-electron chi connectivity index (χ1n) is 5.70. The van der Waals surface area contributed by atoms with E-state index in [0.29, 0.717) is 19.2 Å². The molecule has 2 atom stereocenters. The Balaban J connectivity index is 1.93. The van der Waals surface area contributed by atoms with Gasteiger partial charge in [0.05, 0.1) is 25.4 Å². The molecule has 1 aliphatic rings. The van der Waals surface area contributed by atoms with Crippen molar-refractivity contribution < 1.29 is 14.3 Å². The lowest BCUT2D eigenvalue weighted by Gasteiger charge is -2.23. The molecule has 96 valence electrons. The number of anilines is 1. The molecule has 6 heteroatoms. The van der Waals surface area contributed by atoms with Crippen LogP contribution in [0.2, 0.25) is 0 Å². The third-order valence-electron chi connectivity index (χ3n) is 3.16. The number of ether oxygens (including phenoxy) is 1. The Kier molecular flexibility index (Phi) is 3.01. The van der Waals surface area contributed by atoms with Crippen molar-refractivity contribution in [2.24, 2.45) is 0 Å². The average molecular weight is 313 g/mol. The minimum Gasteiger partial charge on any atom is -0.423 e. The summed E-state index contributed by atoms with van der Waals surface area (Å²) >= 11 is 3.40. The van der Waals surface area contributed by atoms with Crippen LogP contribution in [0, 0.1) is 0 Å². The zero-order valence-corrected chi connectivity index (χ0v) is 11.4. The number of nitrogens with zero attached hydrogens (tertiary/aromatic N) is 2. The van der Waals surface area contributed by atoms with Crippen LogP contribution in [0.4, 0.5) is 6.01 Å². The van der Waals surface area contributed by atoms with Crippen LogP contribution in [0.15, 0.2) is 27.1 Å². The number of halogens is 1. The topological polar surface area (TPSA) is 58.7 Å². The van der Waals surface area contributed by atoms with Crippen molar-refractivity contribution in [2.75, 3.05) is 25.2 Å². The van der Waals surface area contributed by atoms with E-state index in [9.17, 15) is 5.11 Å². The van der Waals surface area contributed by atoms with Gasteiger partial charge in [0.25, 0.3) is 6.01 Å². The first-order valence-corrected chi connectivity index (χ1v) is 6.49. The average Bonchev–Trinajstić information content (AvgIpc) is 2.93. The molecule has 5 nitrogen and oxygen atoms in total. The fourth-order valence-corrected chi connectivity index (χ4v) is 2.43. The Morgan fingerprint density at radius 3 is 3.00 bits per heavy atom. The van der Waals surface area contributed by atoms with E-state index >= 15 is 0 Å². The molecule has 2 heterocycles. The minimum absolute atomic E-state index is 0.110. The highest BCUT2D eigenvalue weighted by Gasteiger charge is 2.32. The number of aromatic nitrogens is 1. The number of aliphatic hydroxyl groups is 1. The first-order chi connectivity index (χ1) is 8.65. The molecule has 1 aromatic heterocycles. The molecule has 0 spiro atoms. The molecule has 1 N–H and O–H groups in total. The van der Waals surface area contributed by atoms with Gasteiger partial charge in [-0.1, -0.05) is 15.9 Å². The number of rotatable bonds is 2. The number of hydrogen-bond acceptors (Lipinski definition) is 5. The summed E-state index contributed by atoms with van der Waals surface area (Å²) in [6.07, 6.45) is -0.503. The highest BCUT2D eigenvalue weighted by atomic mass is 79.9. The van der Waals surface area contributed by atoms with Crippen LogP contribution in [0.1, 0.15) is 0 Å². The summed E-state index contributed by atoms with van der Waals surface area (Å²) < 4.78 is 11.9. The molecule has 0 aliphatic carbocycles. The number of aliphatic hydroxyl groups excluding tert-OH is 1. The largest absolute Gasteiger partial charge is 0.423 e. The number of oxazole rings is 1. The van der Waals surface area contributed by atoms with Crippen molar-refractivity contribution in [1.82, 2.24) is 4.98 Å². The van der Waals surface area contributed by atoms with Gasteiger partial charge in [-0.3, -0.25) is 0 Å². The second-order valence-electron chi connectivity index (χ2n) is 4.39. The van der Waals surface area contributed by atoms with Gasteiger partial charge in [0.2, 0.25) is 0 Å². The van der Waals surface area contributed by atoms with Crippen molar-refractivity contribution in [3.8, 4) is 0 Å². The second kappa shape index (κ2) is 4.53. The highest BCUT2D eigenvalue weighted by molar-refractivity contribution is 9.10. The Morgan fingerprint density at radius 2 is 2.28 bits per heavy atom. The zero-order chi connectivity index (χ0) is 12.7. The van der Waals surface area contributed by atoms with E-state index in [2.05, 4.69) is 20.9 Å². The van der Waals surface area contributed by atoms with E-state index in [0.717, 1.165) is 15.6 Å². The Bertz CT molecular complexity index is 571. The molecule has 1 saturated heterocycles. The van der Waals surface area contributed by atoms with Crippen LogP contribution in [0.3, 0.4) is 0 Å². The smallest absolute Gasteiger partial charge is 0.298 e. The van der Waals surface area contributed by atoms with Crippen molar-refractivity contribution in [2.45, 2.75) is 12.1 Å². The van der Waals surface area contributed by atoms with Gasteiger partial charge >= 0.3 is 0 Å². The monoisotopic (exact) mass is 312 g/mol. The van der Waals surface area contributed by atoms with Crippen LogP contribution >= 0.6 is 15.9 Å². The van der Waals surface area contributed by atoms with Crippen molar-refractivity contribution in [3.63, 3.8) is 0 Å². The fourth-order valence-electron chi connectivity index (χ4n) is 2.08. The van der Waals surface area contributed by atoms with Crippen LogP contribution in [-0.4, -0.2) is 42.5 Å². The fraction of sp³-hybridized carbons (Fsp3) is 0.417. The Hall–Kier alpha value is -1.11. The van der Waals surface area contributed by atoms with Gasteiger partial charge < -0.3 is 19.2 Å². The van der Waals surface area contributed by atoms with Gasteiger partial charge in [-0.15, -0.1) is 0 Å². The second-order valence-corrected chi connectivity index (χ2v) is 5.31. The number of hydrogen-bond donors (Lipinski definition) is 1. The van der Waals surface area contributed by atoms with Crippen LogP contribution < -0.4 is 4.90 Å². The van der Waals surface area contributed by atoms with Gasteiger partial charge in [-0.2, -0.15) is 4.98 Å². The van der Waals surface area contributed by atoms with Gasteiger partial charge in [-0.25, -0.2) is 0 Å². The summed E-state index contributed by atoms with van der Waals surface area (Å²) in [5, 5.41) is 9.80. The van der Waals surface area contributed by atoms with Crippen LogP contribution in [0.5, 0.6) is 0 Å². The first kappa shape index (κ1) is 12.0. The normalized spacial score (nSPS) is 23.7. The van der Waals surface area contributed by atoms with Crippen molar-refractivity contribution >= 4 is 33.0 Å². The molecular weight excluding hydrogens is 300 g/mol. The van der Waals surface area contributed by atoms with E-state index < -0.39 is 6.10 Å². The van der Waals surface area contributed by atoms with E-state index in [1.165, 1.54) is 0 Å². The molecule has 0 radical (unpaired) electrons. The maximum atomic E-state index is 9.80. The molecule has 1 aromatic carbocycles. The Morgan fingerprint density at radius 1 is 1.44 bits per heavy atom. The van der Waals surface area contributed by atoms with Gasteiger partial charge in [0, 0.05) is 11.5 Å². The highest BCUT2D eigenvalue weighted by Crippen LogP contribution is 2.26. The molecule has 0 saturated carbocycles. The summed E-state index contributed by atoms with van der Waals surface area (Å²) in [6.45, 7) is 0.848. The lowest BCUT2D eigenvalue weighted by atomic mass is 10.2. The van der Waals surface area contributed by atoms with Crippen LogP contribution in [0.25, 0.3) is 11.1 Å². The molecule has 1 fully saturated rings. The number of benzene rings is 1. The quantitative estimate of drug-likeness (QED) is 0.916. The van der Waals surface area contributed by atoms with E-state index in [4.69, 9.17) is 9.15 Å². The summed E-state index contributed by atoms with van der Waals surface area (Å²) in [5.74, 6) is 0. The summed E-state index contributed by atoms with van der Waals surface area (Å²) in [7, 11) is 1.85. The predicted octanol–water partition coefficient (Wildman–Crippen LogP) is 1.79. The summed E-state index contributed by atoms with van der Waals surface area (Å²) in [6, 6.07) is 6.06. The maximum absolute atomic E-state index is 9.80. The molecular formula is C12H13BrN2O3. The van der Waals surface area contributed by atoms with Crippen molar-refractivity contribution in [3.05, 3.63) is 22.7 Å². The molecule has 0 unspecified atom stereocenters. The van der Waals surface area contributed by atoms with Crippen molar-refractivity contribution in [1.29, 1.82) is 0 Å². The standard InChI is InChI=1S/C12H13BrN2O3/c1-15(9-5-17-6-10(9)16)12-14-8-4-7(13)2-3-11(8)18-12/h2-4,9-10,16H,5-6H2,1H3/t9-,10-/m1/s1. The zero-order valence-electron chi connectivity index (χ0n) is 9.84. The maximum Gasteiger partial charge on any atom is 0.298 e. The van der Waals surface area contributed by atoms with E-state index in [-0.39, 0.29) is 6.04 Å². The summed E-state index contributed by atoms with van der Waals surface area (Å²) in [5.41, 5.74) is 1.52. The molecule has 2 aromatic rings. The molecule has 3 rings (SSSR count). The lowest BCUT2D eigenvalue weighted by Crippen LogP contribution is -2.40. The summed E-state index contributed by atoms with van der Waals surface area (Å²) in [4.78, 5) is 6.24. The Labute approximate surface area is 112 Å². The van der Waals surface area contributed by atoms with Gasteiger partial charge in [0.1, 0.15) is 5.52 Å². The minimum atomic E-state index is -0.503. The lowest BCUT2D eigenvalue weighted by molar-refractivity contribution is 0.124. The molecule has 1 aliphatic heterocycles. The molecule has 0 bridgehead atoms.